The number of carbonyl (C=O) groups excluding carboxylic acids is 3. The van der Waals surface area contributed by atoms with Crippen LogP contribution in [0.1, 0.15) is 15.9 Å². The molecule has 2 aromatic rings. The first kappa shape index (κ1) is 19.3. The van der Waals surface area contributed by atoms with Gasteiger partial charge in [-0.3, -0.25) is 30.6 Å². The maximum absolute atomic E-state index is 11.7. The van der Waals surface area contributed by atoms with Crippen molar-refractivity contribution >= 4 is 29.5 Å². The minimum absolute atomic E-state index is 0.0658. The number of hydrazine groups is 1. The average Bonchev–Trinajstić information content (AvgIpc) is 2.69. The van der Waals surface area contributed by atoms with Gasteiger partial charge in [0, 0.05) is 23.8 Å². The summed E-state index contributed by atoms with van der Waals surface area (Å²) < 4.78 is 4.73. The maximum Gasteiger partial charge on any atom is 0.331 e. The highest BCUT2D eigenvalue weighted by atomic mass is 16.6. The molecule has 0 bridgehead atoms. The molecule has 0 fully saturated rings. The molecule has 0 radical (unpaired) electrons. The van der Waals surface area contributed by atoms with Crippen LogP contribution in [0.15, 0.2) is 60.7 Å². The van der Waals surface area contributed by atoms with Crippen molar-refractivity contribution in [3.05, 3.63) is 81.9 Å². The summed E-state index contributed by atoms with van der Waals surface area (Å²) in [5.41, 5.74) is 5.16. The first-order valence-corrected chi connectivity index (χ1v) is 7.69. The number of amides is 2. The lowest BCUT2D eigenvalue weighted by molar-refractivity contribution is -0.384. The number of nitro groups is 1. The Kier molecular flexibility index (Phi) is 6.77. The summed E-state index contributed by atoms with van der Waals surface area (Å²) in [6.07, 6.45) is 2.47. The fraction of sp³-hybridized carbons (Fsp3) is 0.0556. The quantitative estimate of drug-likeness (QED) is 0.345. The Balaban J connectivity index is 1.73. The van der Waals surface area contributed by atoms with Gasteiger partial charge in [0.05, 0.1) is 4.92 Å². The van der Waals surface area contributed by atoms with E-state index in [2.05, 4.69) is 10.9 Å². The van der Waals surface area contributed by atoms with Crippen LogP contribution in [0, 0.1) is 10.1 Å². The minimum Gasteiger partial charge on any atom is -0.452 e. The van der Waals surface area contributed by atoms with Crippen molar-refractivity contribution in [3.8, 4) is 0 Å². The molecular weight excluding hydrogens is 354 g/mol. The third-order valence-corrected chi connectivity index (χ3v) is 3.21. The highest BCUT2D eigenvalue weighted by Gasteiger charge is 2.08. The maximum atomic E-state index is 11.7. The zero-order valence-corrected chi connectivity index (χ0v) is 14.0. The van der Waals surface area contributed by atoms with Crippen molar-refractivity contribution in [2.45, 2.75) is 0 Å². The molecule has 138 valence electrons. The largest absolute Gasteiger partial charge is 0.452 e. The van der Waals surface area contributed by atoms with Crippen LogP contribution >= 0.6 is 0 Å². The SMILES string of the molecule is O=C(COC(=O)C=Cc1ccc([N+](=O)[O-])cc1)NNC(=O)c1ccccc1. The lowest BCUT2D eigenvalue weighted by Crippen LogP contribution is -2.43. The smallest absolute Gasteiger partial charge is 0.331 e. The van der Waals surface area contributed by atoms with E-state index in [-0.39, 0.29) is 5.69 Å². The molecule has 0 saturated carbocycles. The zero-order valence-electron chi connectivity index (χ0n) is 14.0. The predicted molar refractivity (Wildman–Crippen MR) is 95.1 cm³/mol. The molecule has 2 rings (SSSR count). The van der Waals surface area contributed by atoms with E-state index in [4.69, 9.17) is 4.74 Å². The number of carbonyl (C=O) groups is 3. The fourth-order valence-corrected chi connectivity index (χ4v) is 1.88. The zero-order chi connectivity index (χ0) is 19.6. The van der Waals surface area contributed by atoms with Gasteiger partial charge in [-0.15, -0.1) is 0 Å². The third-order valence-electron chi connectivity index (χ3n) is 3.21. The molecule has 0 aliphatic carbocycles. The van der Waals surface area contributed by atoms with E-state index in [9.17, 15) is 24.5 Å². The number of esters is 1. The minimum atomic E-state index is -0.780. The van der Waals surface area contributed by atoms with Gasteiger partial charge in [-0.25, -0.2) is 4.79 Å². The third kappa shape index (κ3) is 6.42. The molecule has 0 aliphatic rings. The normalized spacial score (nSPS) is 10.2. The lowest BCUT2D eigenvalue weighted by atomic mass is 10.2. The van der Waals surface area contributed by atoms with Crippen LogP contribution in [-0.2, 0) is 14.3 Å². The summed E-state index contributed by atoms with van der Waals surface area (Å²) in [5.74, 6) is -2.00. The molecule has 0 saturated heterocycles. The number of nitro benzene ring substituents is 1. The van der Waals surface area contributed by atoms with Crippen LogP contribution in [0.5, 0.6) is 0 Å². The number of nitrogens with one attached hydrogen (secondary N) is 2. The number of hydrogen-bond acceptors (Lipinski definition) is 6. The number of benzene rings is 2. The Morgan fingerprint density at radius 1 is 1.00 bits per heavy atom. The molecule has 9 nitrogen and oxygen atoms in total. The van der Waals surface area contributed by atoms with E-state index in [1.807, 2.05) is 0 Å². The Morgan fingerprint density at radius 3 is 2.30 bits per heavy atom. The van der Waals surface area contributed by atoms with Gasteiger partial charge in [0.1, 0.15) is 0 Å². The van der Waals surface area contributed by atoms with Gasteiger partial charge in [0.15, 0.2) is 6.61 Å². The van der Waals surface area contributed by atoms with Gasteiger partial charge in [-0.2, -0.15) is 0 Å². The molecule has 2 aromatic carbocycles. The van der Waals surface area contributed by atoms with Crippen LogP contribution in [0.25, 0.3) is 6.08 Å². The molecule has 2 N–H and O–H groups in total. The van der Waals surface area contributed by atoms with Crippen LogP contribution in [0.2, 0.25) is 0 Å². The van der Waals surface area contributed by atoms with Crippen LogP contribution < -0.4 is 10.9 Å². The van der Waals surface area contributed by atoms with Gasteiger partial charge in [-0.05, 0) is 35.9 Å². The Morgan fingerprint density at radius 2 is 1.67 bits per heavy atom. The first-order valence-electron chi connectivity index (χ1n) is 7.69. The van der Waals surface area contributed by atoms with E-state index < -0.39 is 29.3 Å². The molecule has 0 aliphatic heterocycles. The van der Waals surface area contributed by atoms with Crippen molar-refractivity contribution in [1.29, 1.82) is 0 Å². The van der Waals surface area contributed by atoms with Gasteiger partial charge in [-0.1, -0.05) is 18.2 Å². The highest BCUT2D eigenvalue weighted by Crippen LogP contribution is 2.12. The van der Waals surface area contributed by atoms with E-state index in [0.29, 0.717) is 11.1 Å². The predicted octanol–water partition coefficient (Wildman–Crippen LogP) is 1.61. The van der Waals surface area contributed by atoms with Crippen LogP contribution in [0.3, 0.4) is 0 Å². The molecule has 0 aromatic heterocycles. The molecule has 2 amide bonds. The van der Waals surface area contributed by atoms with Gasteiger partial charge in [0.25, 0.3) is 17.5 Å². The Bertz CT molecular complexity index is 862. The summed E-state index contributed by atoms with van der Waals surface area (Å²) in [4.78, 5) is 44.9. The van der Waals surface area contributed by atoms with Gasteiger partial charge >= 0.3 is 5.97 Å². The van der Waals surface area contributed by atoms with E-state index in [1.54, 1.807) is 30.3 Å². The number of ether oxygens (including phenoxy) is 1. The second-order valence-corrected chi connectivity index (χ2v) is 5.16. The monoisotopic (exact) mass is 369 g/mol. The average molecular weight is 369 g/mol. The topological polar surface area (TPSA) is 128 Å². The van der Waals surface area contributed by atoms with Crippen molar-refractivity contribution in [1.82, 2.24) is 10.9 Å². The summed E-state index contributed by atoms with van der Waals surface area (Å²) >= 11 is 0. The van der Waals surface area contributed by atoms with Crippen molar-refractivity contribution in [2.24, 2.45) is 0 Å². The van der Waals surface area contributed by atoms with E-state index in [1.165, 1.54) is 30.3 Å². The van der Waals surface area contributed by atoms with Crippen LogP contribution in [0.4, 0.5) is 5.69 Å². The number of rotatable bonds is 6. The second kappa shape index (κ2) is 9.47. The summed E-state index contributed by atoms with van der Waals surface area (Å²) in [6, 6.07) is 13.8. The molecule has 0 atom stereocenters. The van der Waals surface area contributed by atoms with Crippen molar-refractivity contribution in [3.63, 3.8) is 0 Å². The Labute approximate surface area is 153 Å². The van der Waals surface area contributed by atoms with Crippen molar-refractivity contribution in [2.75, 3.05) is 6.61 Å². The van der Waals surface area contributed by atoms with E-state index >= 15 is 0 Å². The summed E-state index contributed by atoms with van der Waals surface area (Å²) in [5, 5.41) is 10.6. The van der Waals surface area contributed by atoms with Crippen molar-refractivity contribution < 1.29 is 24.0 Å². The van der Waals surface area contributed by atoms with Crippen LogP contribution in [-0.4, -0.2) is 29.3 Å². The highest BCUT2D eigenvalue weighted by molar-refractivity contribution is 5.95. The fourth-order valence-electron chi connectivity index (χ4n) is 1.88. The lowest BCUT2D eigenvalue weighted by Gasteiger charge is -2.07. The van der Waals surface area contributed by atoms with Gasteiger partial charge in [0.2, 0.25) is 0 Å². The Hall–Kier alpha value is -4.01. The summed E-state index contributed by atoms with van der Waals surface area (Å²) in [7, 11) is 0. The molecule has 0 heterocycles. The van der Waals surface area contributed by atoms with E-state index in [0.717, 1.165) is 6.08 Å². The molecule has 9 heteroatoms. The molecule has 27 heavy (non-hydrogen) atoms. The number of nitrogens with zero attached hydrogens (tertiary/aromatic N) is 1. The summed E-state index contributed by atoms with van der Waals surface area (Å²) in [6.45, 7) is -0.585. The molecule has 0 unspecified atom stereocenters. The second-order valence-electron chi connectivity index (χ2n) is 5.16. The molecule has 0 spiro atoms. The molecular formula is C18H15N3O6. The number of hydrogen-bond donors (Lipinski definition) is 2. The number of non-ortho nitro benzene ring substituents is 1. The first-order chi connectivity index (χ1) is 13.0. The van der Waals surface area contributed by atoms with Gasteiger partial charge < -0.3 is 4.74 Å². The standard InChI is InChI=1S/C18H15N3O6/c22-16(19-20-18(24)14-4-2-1-3-5-14)12-27-17(23)11-8-13-6-9-15(10-7-13)21(25)26/h1-11H,12H2,(H,19,22)(H,20,24).